The molecule has 16 heterocycles. The van der Waals surface area contributed by atoms with Gasteiger partial charge in [-0.15, -0.1) is 0 Å². The van der Waals surface area contributed by atoms with Crippen molar-refractivity contribution in [3.05, 3.63) is 212 Å². The second-order valence-electron chi connectivity index (χ2n) is 22.6. The Morgan fingerprint density at radius 1 is 0.244 bits per heavy atom. The zero-order valence-electron chi connectivity index (χ0n) is 47.9. The quantitative estimate of drug-likeness (QED) is 0.162. The van der Waals surface area contributed by atoms with Crippen LogP contribution in [0.1, 0.15) is 66.8 Å². The van der Waals surface area contributed by atoms with Crippen molar-refractivity contribution in [1.29, 1.82) is 0 Å². The topological polar surface area (TPSA) is 13.0 Å². The molecule has 0 saturated carbocycles. The maximum atomic E-state index is 2.79. The molecule has 0 unspecified atom stereocenters. The standard InChI is InChI=1S/C68H76N4P4S2/c1-45-29-49(5)65(50(6)30-45)73-37-69-39-74(66-51(7)31-46(2)32-52(66)8)40-70(38-73)58-15-23-62(24-16-58)78-64-27-19-60(20-28-64)72-42-75(67-53(9)33-47(3)34-54(67)10)41-71(43-76(44-72)68-55(11)35-48(4)36-56(68)12)59-17-25-63(26-18-59)77-61-21-13-57(69)14-22-61/h13-36H,37-44H2,1-12H3. The van der Waals surface area contributed by atoms with E-state index in [9.17, 15) is 0 Å². The molecule has 2 saturated heterocycles. The molecule has 8 aromatic rings. The van der Waals surface area contributed by atoms with Gasteiger partial charge in [-0.25, -0.2) is 0 Å². The maximum absolute atomic E-state index is 2.79. The van der Waals surface area contributed by atoms with Crippen molar-refractivity contribution >= 4 is 99.2 Å². The summed E-state index contributed by atoms with van der Waals surface area (Å²) >= 11 is 3.78. The van der Waals surface area contributed by atoms with Crippen LogP contribution in [0, 0.1) is 83.1 Å². The van der Waals surface area contributed by atoms with Gasteiger partial charge in [0.15, 0.2) is 0 Å². The predicted molar refractivity (Wildman–Crippen MR) is 352 cm³/mol. The lowest BCUT2D eigenvalue weighted by molar-refractivity contribution is 0.981. The van der Waals surface area contributed by atoms with Crippen LogP contribution < -0.4 is 40.8 Å². The van der Waals surface area contributed by atoms with E-state index in [2.05, 4.69) is 248 Å². The average molecular weight is 1140 g/mol. The molecule has 0 spiro atoms. The van der Waals surface area contributed by atoms with E-state index in [-0.39, 0.29) is 0 Å². The van der Waals surface area contributed by atoms with E-state index >= 15 is 0 Å². The molecule has 2 fully saturated rings. The van der Waals surface area contributed by atoms with Gasteiger partial charge in [0.1, 0.15) is 0 Å². The first-order valence-corrected chi connectivity index (χ1v) is 36.1. The SMILES string of the molecule is Cc1cc(C)c(P2CN3CP(c4c(C)cc(C)cc4C)CN(C2)c2ccc(cc2)Sc2ccc(cc2)N2CP(c4c(C)cc(C)cc4C)CN(CP(c4c(C)cc(C)cc4C)C2)c2ccc(cc2)Sc2ccc3cc2)c(C)c1. The molecule has 0 N–H and O–H groups in total. The van der Waals surface area contributed by atoms with Gasteiger partial charge in [-0.05, 0) is 278 Å². The number of hydrogen-bond donors (Lipinski definition) is 0. The fraction of sp³-hybridized carbons (Fsp3) is 0.294. The fourth-order valence-corrected chi connectivity index (χ4v) is 26.7. The number of rotatable bonds is 4. The highest BCUT2D eigenvalue weighted by atomic mass is 32.2. The van der Waals surface area contributed by atoms with Gasteiger partial charge < -0.3 is 19.6 Å². The molecule has 24 rings (SSSR count). The number of hydrogen-bond acceptors (Lipinski definition) is 6. The molecular formula is C68H76N4P4S2. The number of nitrogens with zero attached hydrogens (tertiary/aromatic N) is 4. The van der Waals surface area contributed by atoms with E-state index in [1.54, 1.807) is 21.2 Å². The Labute approximate surface area is 480 Å². The second-order valence-corrected chi connectivity index (χ2v) is 33.3. The molecule has 400 valence electrons. The molecule has 78 heavy (non-hydrogen) atoms. The Kier molecular flexibility index (Phi) is 16.6. The van der Waals surface area contributed by atoms with Crippen LogP contribution in [0.3, 0.4) is 0 Å². The molecule has 12 bridgehead atoms. The van der Waals surface area contributed by atoms with Crippen LogP contribution in [0.4, 0.5) is 22.7 Å². The summed E-state index contributed by atoms with van der Waals surface area (Å²) in [5.41, 5.74) is 22.2. The fourth-order valence-electron chi connectivity index (χ4n) is 13.1. The van der Waals surface area contributed by atoms with Crippen molar-refractivity contribution in [3.63, 3.8) is 0 Å². The first kappa shape index (κ1) is 55.3. The zero-order chi connectivity index (χ0) is 54.5. The summed E-state index contributed by atoms with van der Waals surface area (Å²) in [5.74, 6) is 0. The summed E-state index contributed by atoms with van der Waals surface area (Å²) in [6.07, 6.45) is 8.12. The molecular weight excluding hydrogens is 1060 g/mol. The van der Waals surface area contributed by atoms with Crippen LogP contribution in [-0.2, 0) is 0 Å². The van der Waals surface area contributed by atoms with Gasteiger partial charge in [-0.1, -0.05) is 94.3 Å². The molecule has 16 aliphatic heterocycles. The Balaban J connectivity index is 1.03. The van der Waals surface area contributed by atoms with Crippen LogP contribution in [0.15, 0.2) is 165 Å². The van der Waals surface area contributed by atoms with E-state index in [1.165, 1.54) is 109 Å². The number of benzene rings is 8. The minimum atomic E-state index is -0.601. The number of aryl methyl sites for hydroxylation is 12. The first-order valence-electron chi connectivity index (χ1n) is 27.6. The van der Waals surface area contributed by atoms with E-state index in [0.717, 1.165) is 50.3 Å². The Morgan fingerprint density at radius 2 is 0.397 bits per heavy atom. The third-order valence-electron chi connectivity index (χ3n) is 15.8. The van der Waals surface area contributed by atoms with Crippen molar-refractivity contribution in [2.45, 2.75) is 103 Å². The highest BCUT2D eigenvalue weighted by molar-refractivity contribution is 7.99. The third-order valence-corrected chi connectivity index (χ3v) is 28.7. The van der Waals surface area contributed by atoms with Gasteiger partial charge in [0.2, 0.25) is 0 Å². The van der Waals surface area contributed by atoms with Gasteiger partial charge in [0, 0.05) is 92.6 Å². The van der Waals surface area contributed by atoms with E-state index in [4.69, 9.17) is 0 Å². The van der Waals surface area contributed by atoms with Crippen molar-refractivity contribution in [2.75, 3.05) is 69.9 Å². The smallest absolute Gasteiger partial charge is 0.0438 e. The minimum Gasteiger partial charge on any atom is -0.363 e. The Bertz CT molecular complexity index is 2910. The zero-order valence-corrected chi connectivity index (χ0v) is 53.1. The van der Waals surface area contributed by atoms with Crippen molar-refractivity contribution in [2.24, 2.45) is 0 Å². The average Bonchev–Trinajstić information content (AvgIpc) is 3.37. The van der Waals surface area contributed by atoms with Crippen LogP contribution in [0.25, 0.3) is 0 Å². The van der Waals surface area contributed by atoms with Crippen LogP contribution >= 0.6 is 55.2 Å². The predicted octanol–water partition coefficient (Wildman–Crippen LogP) is 17.5. The molecule has 16 aliphatic rings. The molecule has 0 atom stereocenters. The summed E-state index contributed by atoms with van der Waals surface area (Å²) in [6, 6.07) is 57.9. The van der Waals surface area contributed by atoms with Gasteiger partial charge in [-0.3, -0.25) is 0 Å². The normalized spacial score (nSPS) is 18.9. The largest absolute Gasteiger partial charge is 0.363 e. The third kappa shape index (κ3) is 12.0. The summed E-state index contributed by atoms with van der Waals surface area (Å²) in [7, 11) is -2.40. The second kappa shape index (κ2) is 23.5. The lowest BCUT2D eigenvalue weighted by Crippen LogP contribution is -2.39. The lowest BCUT2D eigenvalue weighted by atomic mass is 10.1. The van der Waals surface area contributed by atoms with Gasteiger partial charge in [0.25, 0.3) is 0 Å². The molecule has 0 aromatic heterocycles. The molecule has 0 radical (unpaired) electrons. The molecule has 0 amide bonds. The monoisotopic (exact) mass is 1140 g/mol. The maximum Gasteiger partial charge on any atom is 0.0438 e. The molecule has 4 nitrogen and oxygen atoms in total. The van der Waals surface area contributed by atoms with Gasteiger partial charge >= 0.3 is 0 Å². The molecule has 8 aromatic carbocycles. The van der Waals surface area contributed by atoms with E-state index in [1.807, 2.05) is 23.5 Å². The summed E-state index contributed by atoms with van der Waals surface area (Å²) < 4.78 is 0. The highest BCUT2D eigenvalue weighted by Gasteiger charge is 2.34. The lowest BCUT2D eigenvalue weighted by Gasteiger charge is -2.43. The van der Waals surface area contributed by atoms with Crippen molar-refractivity contribution in [3.8, 4) is 0 Å². The van der Waals surface area contributed by atoms with Crippen LogP contribution in [0.2, 0.25) is 0 Å². The summed E-state index contributed by atoms with van der Waals surface area (Å²) in [5, 5.41) is 6.26. The Morgan fingerprint density at radius 3 is 0.551 bits per heavy atom. The van der Waals surface area contributed by atoms with Gasteiger partial charge in [-0.2, -0.15) is 0 Å². The van der Waals surface area contributed by atoms with Crippen molar-refractivity contribution < 1.29 is 0 Å². The van der Waals surface area contributed by atoms with E-state index < -0.39 is 31.7 Å². The van der Waals surface area contributed by atoms with E-state index in [0.29, 0.717) is 0 Å². The number of anilines is 4. The van der Waals surface area contributed by atoms with Crippen molar-refractivity contribution in [1.82, 2.24) is 0 Å². The minimum absolute atomic E-state index is 0.601. The Hall–Kier alpha value is -4.62. The highest BCUT2D eigenvalue weighted by Crippen LogP contribution is 2.52. The molecule has 0 aliphatic carbocycles. The summed E-state index contributed by atoms with van der Waals surface area (Å²) in [4.78, 5) is 16.3. The first-order chi connectivity index (χ1) is 37.5. The van der Waals surface area contributed by atoms with Crippen LogP contribution in [-0.4, -0.2) is 50.3 Å². The van der Waals surface area contributed by atoms with Gasteiger partial charge in [0.05, 0.1) is 0 Å². The summed E-state index contributed by atoms with van der Waals surface area (Å²) in [6.45, 7) is 27.9. The molecule has 10 heteroatoms. The van der Waals surface area contributed by atoms with Crippen LogP contribution in [0.5, 0.6) is 0 Å².